The molecule has 0 radical (unpaired) electrons. The van der Waals surface area contributed by atoms with Gasteiger partial charge in [-0.25, -0.2) is 4.98 Å². The Labute approximate surface area is 175 Å². The number of likely N-dealkylation sites (N-methyl/N-ethyl adjacent to an activating group) is 1. The fourth-order valence-corrected chi connectivity index (χ4v) is 3.93. The summed E-state index contributed by atoms with van der Waals surface area (Å²) in [4.78, 5) is 21.7. The maximum absolute atomic E-state index is 13.2. The molecule has 3 rings (SSSR count). The Balaban J connectivity index is 0.00000261. The predicted molar refractivity (Wildman–Crippen MR) is 118 cm³/mol. The molecule has 0 N–H and O–H groups in total. The van der Waals surface area contributed by atoms with Crippen molar-refractivity contribution in [1.82, 2.24) is 9.88 Å². The van der Waals surface area contributed by atoms with Crippen LogP contribution < -0.4 is 4.90 Å². The molecule has 0 bridgehead atoms. The van der Waals surface area contributed by atoms with Crippen molar-refractivity contribution < 1.29 is 4.79 Å². The summed E-state index contributed by atoms with van der Waals surface area (Å²) in [6.45, 7) is 5.46. The molecule has 1 heterocycles. The molecule has 1 amide bonds. The average Bonchev–Trinajstić information content (AvgIpc) is 2.97. The molecule has 0 unspecified atom stereocenters. The lowest BCUT2D eigenvalue weighted by Gasteiger charge is -2.22. The van der Waals surface area contributed by atoms with Gasteiger partial charge in [0.05, 0.1) is 20.8 Å². The highest BCUT2D eigenvalue weighted by Gasteiger charge is 2.23. The standard InChI is InChI=1S/C20H22ClN3OS.ClH/c1-13-11-17-18(12-14(13)2)26-20(22-17)24(10-9-23(3)4)19(25)15-7-5-6-8-16(15)21;/h5-8,11-12H,9-10H2,1-4H3;1H. The van der Waals surface area contributed by atoms with Crippen LogP contribution in [0.2, 0.25) is 5.02 Å². The molecule has 0 saturated heterocycles. The molecule has 1 aromatic heterocycles. The first kappa shape index (κ1) is 21.6. The normalized spacial score (nSPS) is 10.9. The molecule has 27 heavy (non-hydrogen) atoms. The second kappa shape index (κ2) is 9.02. The van der Waals surface area contributed by atoms with Crippen LogP contribution in [-0.4, -0.2) is 43.0 Å². The van der Waals surface area contributed by atoms with Gasteiger partial charge in [0.2, 0.25) is 0 Å². The number of carbonyl (C=O) groups excluding carboxylic acids is 1. The number of fused-ring (bicyclic) bond motifs is 1. The monoisotopic (exact) mass is 423 g/mol. The van der Waals surface area contributed by atoms with Crippen LogP contribution in [0.4, 0.5) is 5.13 Å². The van der Waals surface area contributed by atoms with Gasteiger partial charge >= 0.3 is 0 Å². The summed E-state index contributed by atoms with van der Waals surface area (Å²) < 4.78 is 1.09. The molecule has 7 heteroatoms. The molecule has 0 fully saturated rings. The van der Waals surface area contributed by atoms with Crippen molar-refractivity contribution in [2.24, 2.45) is 0 Å². The van der Waals surface area contributed by atoms with Crippen molar-refractivity contribution in [2.45, 2.75) is 13.8 Å². The number of hydrogen-bond acceptors (Lipinski definition) is 4. The van der Waals surface area contributed by atoms with Gasteiger partial charge in [-0.1, -0.05) is 35.1 Å². The molecule has 2 aromatic carbocycles. The highest BCUT2D eigenvalue weighted by atomic mass is 35.5. The van der Waals surface area contributed by atoms with Crippen LogP contribution in [0.1, 0.15) is 21.5 Å². The minimum Gasteiger partial charge on any atom is -0.308 e. The molecule has 144 valence electrons. The Morgan fingerprint density at radius 2 is 1.78 bits per heavy atom. The number of amides is 1. The number of hydrogen-bond donors (Lipinski definition) is 0. The number of aryl methyl sites for hydroxylation is 2. The zero-order valence-corrected chi connectivity index (χ0v) is 18.2. The zero-order valence-electron chi connectivity index (χ0n) is 15.8. The molecule has 0 atom stereocenters. The summed E-state index contributed by atoms with van der Waals surface area (Å²) in [7, 11) is 3.98. The lowest BCUT2D eigenvalue weighted by molar-refractivity contribution is 0.0985. The first-order valence-electron chi connectivity index (χ1n) is 8.45. The van der Waals surface area contributed by atoms with E-state index in [1.807, 2.05) is 26.2 Å². The van der Waals surface area contributed by atoms with Gasteiger partial charge in [-0.2, -0.15) is 0 Å². The van der Waals surface area contributed by atoms with E-state index < -0.39 is 0 Å². The first-order valence-corrected chi connectivity index (χ1v) is 9.65. The van der Waals surface area contributed by atoms with Crippen molar-refractivity contribution in [1.29, 1.82) is 0 Å². The average molecular weight is 424 g/mol. The highest BCUT2D eigenvalue weighted by Crippen LogP contribution is 2.32. The van der Waals surface area contributed by atoms with Crippen LogP contribution in [0.3, 0.4) is 0 Å². The first-order chi connectivity index (χ1) is 12.4. The van der Waals surface area contributed by atoms with E-state index in [0.29, 0.717) is 22.3 Å². The summed E-state index contributed by atoms with van der Waals surface area (Å²) in [5.74, 6) is -0.120. The minimum atomic E-state index is -0.120. The lowest BCUT2D eigenvalue weighted by Crippen LogP contribution is -2.36. The highest BCUT2D eigenvalue weighted by molar-refractivity contribution is 7.22. The smallest absolute Gasteiger partial charge is 0.261 e. The van der Waals surface area contributed by atoms with E-state index in [4.69, 9.17) is 16.6 Å². The summed E-state index contributed by atoms with van der Waals surface area (Å²) in [5, 5.41) is 1.16. The van der Waals surface area contributed by atoms with Gasteiger partial charge in [-0.05, 0) is 63.3 Å². The topological polar surface area (TPSA) is 36.4 Å². The molecule has 3 aromatic rings. The minimum absolute atomic E-state index is 0. The molecule has 0 aliphatic heterocycles. The number of halogens is 2. The van der Waals surface area contributed by atoms with E-state index in [0.717, 1.165) is 16.8 Å². The van der Waals surface area contributed by atoms with E-state index >= 15 is 0 Å². The van der Waals surface area contributed by atoms with Crippen molar-refractivity contribution >= 4 is 56.6 Å². The molecule has 0 aliphatic rings. The molecular formula is C20H23Cl2N3OS. The summed E-state index contributed by atoms with van der Waals surface area (Å²) in [6, 6.07) is 11.4. The molecule has 4 nitrogen and oxygen atoms in total. The van der Waals surface area contributed by atoms with Crippen molar-refractivity contribution in [3.63, 3.8) is 0 Å². The zero-order chi connectivity index (χ0) is 18.8. The quantitative estimate of drug-likeness (QED) is 0.565. The Kier molecular flexibility index (Phi) is 7.23. The summed E-state index contributed by atoms with van der Waals surface area (Å²) in [6.07, 6.45) is 0. The predicted octanol–water partition coefficient (Wildman–Crippen LogP) is 5.20. The number of anilines is 1. The Bertz CT molecular complexity index is 917. The largest absolute Gasteiger partial charge is 0.308 e. The van der Waals surface area contributed by atoms with E-state index in [1.165, 1.54) is 11.1 Å². The van der Waals surface area contributed by atoms with Crippen molar-refractivity contribution in [3.05, 3.63) is 58.1 Å². The number of aromatic nitrogens is 1. The fourth-order valence-electron chi connectivity index (χ4n) is 2.65. The SMILES string of the molecule is Cc1cc2nc(N(CCN(C)C)C(=O)c3ccccc3Cl)sc2cc1C.Cl. The third-order valence-corrected chi connectivity index (χ3v) is 5.71. The van der Waals surface area contributed by atoms with Crippen LogP contribution in [0.5, 0.6) is 0 Å². The molecule has 0 spiro atoms. The van der Waals surface area contributed by atoms with Gasteiger partial charge in [0.25, 0.3) is 5.91 Å². The van der Waals surface area contributed by atoms with Crippen LogP contribution in [0.25, 0.3) is 10.2 Å². The molecular weight excluding hydrogens is 401 g/mol. The van der Waals surface area contributed by atoms with Gasteiger partial charge in [-0.3, -0.25) is 9.69 Å². The van der Waals surface area contributed by atoms with E-state index in [1.54, 1.807) is 28.4 Å². The van der Waals surface area contributed by atoms with Crippen molar-refractivity contribution in [2.75, 3.05) is 32.1 Å². The Morgan fingerprint density at radius 1 is 1.11 bits per heavy atom. The molecule has 0 saturated carbocycles. The van der Waals surface area contributed by atoms with Crippen molar-refractivity contribution in [3.8, 4) is 0 Å². The third-order valence-electron chi connectivity index (χ3n) is 4.34. The van der Waals surface area contributed by atoms with Gasteiger partial charge < -0.3 is 4.90 Å². The van der Waals surface area contributed by atoms with E-state index in [9.17, 15) is 4.79 Å². The van der Waals surface area contributed by atoms with Crippen LogP contribution in [-0.2, 0) is 0 Å². The van der Waals surface area contributed by atoms with Gasteiger partial charge in [0, 0.05) is 13.1 Å². The van der Waals surface area contributed by atoms with Gasteiger partial charge in [-0.15, -0.1) is 12.4 Å². The fraction of sp³-hybridized carbons (Fsp3) is 0.300. The summed E-state index contributed by atoms with van der Waals surface area (Å²) in [5.41, 5.74) is 3.85. The van der Waals surface area contributed by atoms with Crippen LogP contribution in [0, 0.1) is 13.8 Å². The third kappa shape index (κ3) is 4.79. The Morgan fingerprint density at radius 3 is 2.44 bits per heavy atom. The number of thiazole rings is 1. The van der Waals surface area contributed by atoms with Crippen LogP contribution in [0.15, 0.2) is 36.4 Å². The van der Waals surface area contributed by atoms with Gasteiger partial charge in [0.1, 0.15) is 0 Å². The number of rotatable bonds is 5. The summed E-state index contributed by atoms with van der Waals surface area (Å²) >= 11 is 7.80. The number of benzene rings is 2. The maximum Gasteiger partial charge on any atom is 0.261 e. The van der Waals surface area contributed by atoms with E-state index in [2.05, 4.69) is 30.9 Å². The molecule has 0 aliphatic carbocycles. The second-order valence-electron chi connectivity index (χ2n) is 6.64. The van der Waals surface area contributed by atoms with E-state index in [-0.39, 0.29) is 18.3 Å². The number of nitrogens with zero attached hydrogens (tertiary/aromatic N) is 3. The van der Waals surface area contributed by atoms with Gasteiger partial charge in [0.15, 0.2) is 5.13 Å². The lowest BCUT2D eigenvalue weighted by atomic mass is 10.1. The number of carbonyl (C=O) groups is 1. The maximum atomic E-state index is 13.2. The van der Waals surface area contributed by atoms with Crippen LogP contribution >= 0.6 is 35.3 Å². The second-order valence-corrected chi connectivity index (χ2v) is 8.06. The Hall–Kier alpha value is -1.66.